The molecule has 0 saturated heterocycles. The molecule has 0 amide bonds. The average molecular weight is 208 g/mol. The molecule has 1 aliphatic carbocycles. The Morgan fingerprint density at radius 1 is 1.64 bits per heavy atom. The lowest BCUT2D eigenvalue weighted by molar-refractivity contribution is -0.164. The van der Waals surface area contributed by atoms with E-state index in [0.717, 1.165) is 0 Å². The fourth-order valence-electron chi connectivity index (χ4n) is 1.61. The summed E-state index contributed by atoms with van der Waals surface area (Å²) < 4.78 is 30.4. The van der Waals surface area contributed by atoms with Gasteiger partial charge in [-0.3, -0.25) is 4.79 Å². The van der Waals surface area contributed by atoms with E-state index in [1.165, 1.54) is 0 Å². The minimum absolute atomic E-state index is 0.0452. The van der Waals surface area contributed by atoms with E-state index in [2.05, 4.69) is 4.74 Å². The van der Waals surface area contributed by atoms with Crippen LogP contribution in [0.4, 0.5) is 8.78 Å². The average Bonchev–Trinajstić information content (AvgIpc) is 2.10. The van der Waals surface area contributed by atoms with Gasteiger partial charge in [0.1, 0.15) is 0 Å². The van der Waals surface area contributed by atoms with Crippen LogP contribution in [0.25, 0.3) is 0 Å². The fourth-order valence-corrected chi connectivity index (χ4v) is 1.61. The lowest BCUT2D eigenvalue weighted by atomic mass is 9.84. The van der Waals surface area contributed by atoms with Gasteiger partial charge in [-0.15, -0.1) is 0 Å². The Morgan fingerprint density at radius 2 is 2.29 bits per heavy atom. The number of halogens is 2. The molecule has 1 fully saturated rings. The quantitative estimate of drug-likeness (QED) is 0.697. The summed E-state index contributed by atoms with van der Waals surface area (Å²) >= 11 is 0. The van der Waals surface area contributed by atoms with E-state index < -0.39 is 30.3 Å². The van der Waals surface area contributed by atoms with Crippen molar-refractivity contribution in [3.05, 3.63) is 0 Å². The normalized spacial score (nSPS) is 31.1. The summed E-state index contributed by atoms with van der Waals surface area (Å²) in [6.45, 7) is 1.75. The van der Waals surface area contributed by atoms with Gasteiger partial charge < -0.3 is 9.84 Å². The molecular formula is C9H14F2O3. The van der Waals surface area contributed by atoms with Crippen LogP contribution in [-0.4, -0.2) is 29.7 Å². The number of hydrogen-bond acceptors (Lipinski definition) is 3. The molecule has 2 atom stereocenters. The fraction of sp³-hybridized carbons (Fsp3) is 0.889. The summed E-state index contributed by atoms with van der Waals surface area (Å²) in [7, 11) is 0. The van der Waals surface area contributed by atoms with Gasteiger partial charge in [0.15, 0.2) is 0 Å². The number of carbonyl (C=O) groups is 1. The molecule has 0 aromatic heterocycles. The van der Waals surface area contributed by atoms with Crippen molar-refractivity contribution in [1.82, 2.24) is 0 Å². The molecule has 0 aliphatic heterocycles. The second-order valence-corrected chi connectivity index (χ2v) is 3.52. The SMILES string of the molecule is CCOC(=O)[C@@H]1CC(F)(F)CC[C@@H]1O. The number of esters is 1. The maximum absolute atomic E-state index is 12.9. The van der Waals surface area contributed by atoms with Crippen LogP contribution in [0.1, 0.15) is 26.2 Å². The lowest BCUT2D eigenvalue weighted by Crippen LogP contribution is -2.40. The third-order valence-electron chi connectivity index (χ3n) is 2.38. The van der Waals surface area contributed by atoms with Crippen LogP contribution in [0.2, 0.25) is 0 Å². The Hall–Kier alpha value is -0.710. The van der Waals surface area contributed by atoms with Crippen LogP contribution in [0.5, 0.6) is 0 Å². The molecular weight excluding hydrogens is 194 g/mol. The van der Waals surface area contributed by atoms with Crippen molar-refractivity contribution < 1.29 is 23.4 Å². The molecule has 1 rings (SSSR count). The third-order valence-corrected chi connectivity index (χ3v) is 2.38. The summed E-state index contributed by atoms with van der Waals surface area (Å²) in [5, 5.41) is 9.36. The van der Waals surface area contributed by atoms with Gasteiger partial charge in [0.25, 0.3) is 0 Å². The monoisotopic (exact) mass is 208 g/mol. The molecule has 0 spiro atoms. The van der Waals surface area contributed by atoms with Crippen LogP contribution in [0, 0.1) is 5.92 Å². The minimum atomic E-state index is -2.85. The van der Waals surface area contributed by atoms with Crippen LogP contribution in [0.3, 0.4) is 0 Å². The third kappa shape index (κ3) is 2.64. The van der Waals surface area contributed by atoms with E-state index >= 15 is 0 Å². The highest BCUT2D eigenvalue weighted by molar-refractivity contribution is 5.73. The van der Waals surface area contributed by atoms with Crippen molar-refractivity contribution in [3.63, 3.8) is 0 Å². The van der Waals surface area contributed by atoms with Gasteiger partial charge in [0.2, 0.25) is 5.92 Å². The van der Waals surface area contributed by atoms with Crippen LogP contribution >= 0.6 is 0 Å². The topological polar surface area (TPSA) is 46.5 Å². The molecule has 0 aromatic carbocycles. The molecule has 0 bridgehead atoms. The van der Waals surface area contributed by atoms with Crippen LogP contribution < -0.4 is 0 Å². The number of aliphatic hydroxyl groups is 1. The standard InChI is InChI=1S/C9H14F2O3/c1-2-14-8(13)6-5-9(10,11)4-3-7(6)12/h6-7,12H,2-5H2,1H3/t6-,7+/m1/s1. The summed E-state index contributed by atoms with van der Waals surface area (Å²) in [6.07, 6.45) is -2.00. The van der Waals surface area contributed by atoms with Crippen LogP contribution in [-0.2, 0) is 9.53 Å². The first-order chi connectivity index (χ1) is 6.46. The highest BCUT2D eigenvalue weighted by Crippen LogP contribution is 2.37. The zero-order valence-electron chi connectivity index (χ0n) is 8.00. The molecule has 1 aliphatic rings. The Morgan fingerprint density at radius 3 is 2.86 bits per heavy atom. The largest absolute Gasteiger partial charge is 0.466 e. The maximum Gasteiger partial charge on any atom is 0.311 e. The van der Waals surface area contributed by atoms with Crippen LogP contribution in [0.15, 0.2) is 0 Å². The number of carbonyl (C=O) groups excluding carboxylic acids is 1. The Kier molecular flexibility index (Phi) is 3.42. The van der Waals surface area contributed by atoms with E-state index in [1.54, 1.807) is 6.92 Å². The number of alkyl halides is 2. The number of aliphatic hydroxyl groups excluding tert-OH is 1. The molecule has 0 unspecified atom stereocenters. The first kappa shape index (κ1) is 11.4. The van der Waals surface area contributed by atoms with Gasteiger partial charge in [-0.05, 0) is 13.3 Å². The Bertz CT molecular complexity index is 218. The summed E-state index contributed by atoms with van der Waals surface area (Å²) in [5.41, 5.74) is 0. The summed E-state index contributed by atoms with van der Waals surface area (Å²) in [4.78, 5) is 11.2. The van der Waals surface area contributed by atoms with Crippen molar-refractivity contribution in [3.8, 4) is 0 Å². The number of rotatable bonds is 2. The van der Waals surface area contributed by atoms with E-state index in [0.29, 0.717) is 0 Å². The van der Waals surface area contributed by atoms with E-state index in [9.17, 15) is 18.7 Å². The van der Waals surface area contributed by atoms with Gasteiger partial charge in [-0.25, -0.2) is 8.78 Å². The molecule has 0 radical (unpaired) electrons. The highest BCUT2D eigenvalue weighted by Gasteiger charge is 2.44. The van der Waals surface area contributed by atoms with Gasteiger partial charge >= 0.3 is 5.97 Å². The first-order valence-electron chi connectivity index (χ1n) is 4.69. The van der Waals surface area contributed by atoms with Gasteiger partial charge in [-0.2, -0.15) is 0 Å². The zero-order valence-corrected chi connectivity index (χ0v) is 8.00. The van der Waals surface area contributed by atoms with Crippen molar-refractivity contribution in [2.24, 2.45) is 5.92 Å². The second-order valence-electron chi connectivity index (χ2n) is 3.52. The molecule has 82 valence electrons. The Balaban J connectivity index is 2.61. The zero-order chi connectivity index (χ0) is 10.8. The first-order valence-corrected chi connectivity index (χ1v) is 4.69. The van der Waals surface area contributed by atoms with Gasteiger partial charge in [0.05, 0.1) is 18.6 Å². The van der Waals surface area contributed by atoms with E-state index in [-0.39, 0.29) is 19.4 Å². The molecule has 1 saturated carbocycles. The molecule has 14 heavy (non-hydrogen) atoms. The van der Waals surface area contributed by atoms with Crippen molar-refractivity contribution >= 4 is 5.97 Å². The maximum atomic E-state index is 12.9. The van der Waals surface area contributed by atoms with Crippen molar-refractivity contribution in [2.75, 3.05) is 6.61 Å². The highest BCUT2D eigenvalue weighted by atomic mass is 19.3. The second kappa shape index (κ2) is 4.21. The molecule has 0 heterocycles. The van der Waals surface area contributed by atoms with Gasteiger partial charge in [0, 0.05) is 12.8 Å². The predicted molar refractivity (Wildman–Crippen MR) is 44.9 cm³/mol. The number of ether oxygens (including phenoxy) is 1. The van der Waals surface area contributed by atoms with Gasteiger partial charge in [-0.1, -0.05) is 0 Å². The van der Waals surface area contributed by atoms with Crippen molar-refractivity contribution in [2.45, 2.75) is 38.2 Å². The van der Waals surface area contributed by atoms with E-state index in [4.69, 9.17) is 0 Å². The molecule has 1 N–H and O–H groups in total. The summed E-state index contributed by atoms with van der Waals surface area (Å²) in [6, 6.07) is 0. The Labute approximate surface area is 81.1 Å². The molecule has 3 nitrogen and oxygen atoms in total. The van der Waals surface area contributed by atoms with E-state index in [1.807, 2.05) is 0 Å². The number of hydrogen-bond donors (Lipinski definition) is 1. The minimum Gasteiger partial charge on any atom is -0.466 e. The predicted octanol–water partition coefficient (Wildman–Crippen LogP) is 1.35. The molecule has 5 heteroatoms. The smallest absolute Gasteiger partial charge is 0.311 e. The summed E-state index contributed by atoms with van der Waals surface area (Å²) in [5.74, 6) is -4.64. The molecule has 0 aromatic rings. The van der Waals surface area contributed by atoms with Crippen molar-refractivity contribution in [1.29, 1.82) is 0 Å². The lowest BCUT2D eigenvalue weighted by Gasteiger charge is -2.31.